The van der Waals surface area contributed by atoms with E-state index in [1.807, 2.05) is 12.1 Å². The number of hydrogen-bond acceptors (Lipinski definition) is 3. The zero-order valence-electron chi connectivity index (χ0n) is 13.9. The first-order chi connectivity index (χ1) is 12.0. The highest BCUT2D eigenvalue weighted by Crippen LogP contribution is 2.44. The Balaban J connectivity index is 1.58. The normalized spacial score (nSPS) is 25.3. The van der Waals surface area contributed by atoms with Gasteiger partial charge in [-0.1, -0.05) is 43.4 Å². The number of nitrogens with one attached hydrogen (secondary N) is 1. The highest BCUT2D eigenvalue weighted by Gasteiger charge is 2.39. The van der Waals surface area contributed by atoms with Crippen LogP contribution >= 0.6 is 23.8 Å². The number of fused-ring (bicyclic) bond motifs is 1. The maximum atomic E-state index is 12.5. The summed E-state index contributed by atoms with van der Waals surface area (Å²) < 4.78 is 5.22. The standard InChI is InChI=1S/C19H19ClN2O2S/c1-11-8-9-22(19(11)25)15-10-14(12-4-2-3-5-13(12)15)21-18(23)16-6-7-17(20)24-16/h2-7,11,14-15H,8-10H2,1H3,(H,21,23)/t11?,14-,15-/m1/s1. The van der Waals surface area contributed by atoms with Crippen LogP contribution in [0.5, 0.6) is 0 Å². The molecule has 1 amide bonds. The lowest BCUT2D eigenvalue weighted by molar-refractivity contribution is 0.0905. The zero-order chi connectivity index (χ0) is 17.6. The van der Waals surface area contributed by atoms with Crippen molar-refractivity contribution in [3.8, 4) is 0 Å². The third-order valence-corrected chi connectivity index (χ3v) is 6.02. The molecule has 4 rings (SSSR count). The van der Waals surface area contributed by atoms with Gasteiger partial charge in [-0.2, -0.15) is 0 Å². The molecule has 0 radical (unpaired) electrons. The number of halogens is 1. The molecule has 1 N–H and O–H groups in total. The lowest BCUT2D eigenvalue weighted by Crippen LogP contribution is -2.31. The Morgan fingerprint density at radius 3 is 2.68 bits per heavy atom. The van der Waals surface area contributed by atoms with E-state index < -0.39 is 0 Å². The summed E-state index contributed by atoms with van der Waals surface area (Å²) in [4.78, 5) is 15.8. The van der Waals surface area contributed by atoms with E-state index in [0.717, 1.165) is 29.9 Å². The Kier molecular flexibility index (Phi) is 4.29. The molecule has 1 fully saturated rings. The van der Waals surface area contributed by atoms with Crippen molar-refractivity contribution in [2.24, 2.45) is 5.92 Å². The quantitative estimate of drug-likeness (QED) is 0.802. The number of carbonyl (C=O) groups excluding carboxylic acids is 1. The van der Waals surface area contributed by atoms with Crippen molar-refractivity contribution >= 4 is 34.7 Å². The number of carbonyl (C=O) groups is 1. The molecule has 1 unspecified atom stereocenters. The SMILES string of the molecule is CC1CCN([C@@H]2C[C@@H](NC(=O)c3ccc(Cl)o3)c3ccccc32)C1=S. The fourth-order valence-corrected chi connectivity index (χ4v) is 4.35. The summed E-state index contributed by atoms with van der Waals surface area (Å²) in [5.74, 6) is 0.432. The summed E-state index contributed by atoms with van der Waals surface area (Å²) in [7, 11) is 0. The van der Waals surface area contributed by atoms with E-state index in [2.05, 4.69) is 29.3 Å². The molecule has 3 atom stereocenters. The second-order valence-corrected chi connectivity index (χ2v) is 7.52. The van der Waals surface area contributed by atoms with Crippen LogP contribution in [-0.4, -0.2) is 22.3 Å². The first kappa shape index (κ1) is 16.6. The molecular formula is C19H19ClN2O2S. The average molecular weight is 375 g/mol. The van der Waals surface area contributed by atoms with Crippen LogP contribution in [0.4, 0.5) is 0 Å². The van der Waals surface area contributed by atoms with Crippen LogP contribution in [0, 0.1) is 5.92 Å². The maximum absolute atomic E-state index is 12.5. The molecule has 1 aliphatic heterocycles. The monoisotopic (exact) mass is 374 g/mol. The number of rotatable bonds is 3. The molecule has 2 aromatic rings. The topological polar surface area (TPSA) is 45.5 Å². The first-order valence-corrected chi connectivity index (χ1v) is 9.28. The van der Waals surface area contributed by atoms with Crippen LogP contribution in [0.1, 0.15) is 53.5 Å². The molecule has 1 aromatic carbocycles. The summed E-state index contributed by atoms with van der Waals surface area (Å²) in [6.45, 7) is 3.16. The summed E-state index contributed by atoms with van der Waals surface area (Å²) in [5, 5.41) is 3.30. The molecule has 1 aromatic heterocycles. The van der Waals surface area contributed by atoms with Gasteiger partial charge in [-0.05, 0) is 47.7 Å². The van der Waals surface area contributed by atoms with Crippen LogP contribution in [0.15, 0.2) is 40.8 Å². The highest BCUT2D eigenvalue weighted by atomic mass is 35.5. The Labute approximate surface area is 157 Å². The minimum Gasteiger partial charge on any atom is -0.440 e. The third-order valence-electron chi connectivity index (χ3n) is 5.18. The van der Waals surface area contributed by atoms with Crippen molar-refractivity contribution in [3.05, 3.63) is 58.5 Å². The Bertz CT molecular complexity index is 834. The molecular weight excluding hydrogens is 356 g/mol. The van der Waals surface area contributed by atoms with Gasteiger partial charge in [-0.3, -0.25) is 4.79 Å². The average Bonchev–Trinajstić information content (AvgIpc) is 3.28. The van der Waals surface area contributed by atoms with Crippen LogP contribution in [0.2, 0.25) is 5.22 Å². The lowest BCUT2D eigenvalue weighted by Gasteiger charge is -2.27. The first-order valence-electron chi connectivity index (χ1n) is 8.50. The molecule has 2 heterocycles. The molecule has 1 aliphatic carbocycles. The predicted molar refractivity (Wildman–Crippen MR) is 101 cm³/mol. The molecule has 2 aliphatic rings. The highest BCUT2D eigenvalue weighted by molar-refractivity contribution is 7.80. The number of amides is 1. The van der Waals surface area contributed by atoms with Crippen LogP contribution in [0.3, 0.4) is 0 Å². The number of nitrogens with zero attached hydrogens (tertiary/aromatic N) is 1. The molecule has 130 valence electrons. The van der Waals surface area contributed by atoms with Crippen molar-refractivity contribution in [1.82, 2.24) is 10.2 Å². The van der Waals surface area contributed by atoms with E-state index >= 15 is 0 Å². The summed E-state index contributed by atoms with van der Waals surface area (Å²) in [6.07, 6.45) is 1.91. The molecule has 0 saturated carbocycles. The number of benzene rings is 1. The molecule has 25 heavy (non-hydrogen) atoms. The van der Waals surface area contributed by atoms with Gasteiger partial charge in [0.15, 0.2) is 11.0 Å². The Morgan fingerprint density at radius 1 is 1.28 bits per heavy atom. The third kappa shape index (κ3) is 2.96. The van der Waals surface area contributed by atoms with Crippen LogP contribution in [-0.2, 0) is 0 Å². The largest absolute Gasteiger partial charge is 0.440 e. The van der Waals surface area contributed by atoms with E-state index in [1.165, 1.54) is 5.56 Å². The van der Waals surface area contributed by atoms with Gasteiger partial charge in [0, 0.05) is 12.5 Å². The number of hydrogen-bond donors (Lipinski definition) is 1. The fraction of sp³-hybridized carbons (Fsp3) is 0.368. The zero-order valence-corrected chi connectivity index (χ0v) is 15.4. The van der Waals surface area contributed by atoms with Gasteiger partial charge in [-0.15, -0.1) is 0 Å². The minimum absolute atomic E-state index is 0.0590. The van der Waals surface area contributed by atoms with Gasteiger partial charge in [0.05, 0.1) is 17.1 Å². The van der Waals surface area contributed by atoms with E-state index in [9.17, 15) is 4.79 Å². The van der Waals surface area contributed by atoms with Gasteiger partial charge in [0.1, 0.15) is 0 Å². The number of thiocarbonyl (C=S) groups is 1. The van der Waals surface area contributed by atoms with Gasteiger partial charge in [0.25, 0.3) is 5.91 Å². The fourth-order valence-electron chi connectivity index (χ4n) is 3.87. The van der Waals surface area contributed by atoms with Gasteiger partial charge in [-0.25, -0.2) is 0 Å². The molecule has 0 bridgehead atoms. The summed E-state index contributed by atoms with van der Waals surface area (Å²) in [5.41, 5.74) is 2.41. The lowest BCUT2D eigenvalue weighted by atomic mass is 10.1. The van der Waals surface area contributed by atoms with Crippen molar-refractivity contribution in [3.63, 3.8) is 0 Å². The summed E-state index contributed by atoms with van der Waals surface area (Å²) in [6, 6.07) is 11.6. The maximum Gasteiger partial charge on any atom is 0.287 e. The van der Waals surface area contributed by atoms with Crippen molar-refractivity contribution in [1.29, 1.82) is 0 Å². The molecule has 0 spiro atoms. The van der Waals surface area contributed by atoms with Crippen LogP contribution < -0.4 is 5.32 Å². The van der Waals surface area contributed by atoms with Gasteiger partial charge >= 0.3 is 0 Å². The smallest absolute Gasteiger partial charge is 0.287 e. The van der Waals surface area contributed by atoms with E-state index in [-0.39, 0.29) is 29.0 Å². The summed E-state index contributed by atoms with van der Waals surface area (Å²) >= 11 is 11.4. The second-order valence-electron chi connectivity index (χ2n) is 6.73. The van der Waals surface area contributed by atoms with Crippen molar-refractivity contribution in [2.45, 2.75) is 31.8 Å². The van der Waals surface area contributed by atoms with E-state index in [0.29, 0.717) is 5.92 Å². The molecule has 1 saturated heterocycles. The second kappa shape index (κ2) is 6.46. The number of furan rings is 1. The van der Waals surface area contributed by atoms with Gasteiger partial charge in [0.2, 0.25) is 0 Å². The minimum atomic E-state index is -0.246. The van der Waals surface area contributed by atoms with E-state index in [4.69, 9.17) is 28.2 Å². The van der Waals surface area contributed by atoms with E-state index in [1.54, 1.807) is 12.1 Å². The van der Waals surface area contributed by atoms with Crippen LogP contribution in [0.25, 0.3) is 0 Å². The number of likely N-dealkylation sites (tertiary alicyclic amines) is 1. The molecule has 4 nitrogen and oxygen atoms in total. The predicted octanol–water partition coefficient (Wildman–Crippen LogP) is 4.52. The Hall–Kier alpha value is -1.85. The Morgan fingerprint density at radius 2 is 2.04 bits per heavy atom. The van der Waals surface area contributed by atoms with Crippen molar-refractivity contribution in [2.75, 3.05) is 6.54 Å². The molecule has 6 heteroatoms. The van der Waals surface area contributed by atoms with Gasteiger partial charge < -0.3 is 14.6 Å². The van der Waals surface area contributed by atoms with Crippen molar-refractivity contribution < 1.29 is 9.21 Å².